The number of hydrogen-bond donors (Lipinski definition) is 1. The predicted octanol–water partition coefficient (Wildman–Crippen LogP) is 2.67. The zero-order chi connectivity index (χ0) is 14.5. The molecule has 1 aromatic carbocycles. The van der Waals surface area contributed by atoms with Crippen LogP contribution in [0.4, 0.5) is 5.69 Å². The Hall–Kier alpha value is -1.55. The highest BCUT2D eigenvalue weighted by Gasteiger charge is 2.18. The Labute approximate surface area is 121 Å². The molecule has 1 aromatic rings. The Bertz CT molecular complexity index is 466. The van der Waals surface area contributed by atoms with E-state index in [1.165, 1.54) is 12.8 Å². The highest BCUT2D eigenvalue weighted by molar-refractivity contribution is 5.93. The SMILES string of the molecule is COc1ccc(C)cc1NC(=O)CN1CCC(C)CC1. The molecule has 0 aliphatic carbocycles. The van der Waals surface area contributed by atoms with Gasteiger partial charge in [-0.15, -0.1) is 0 Å². The Morgan fingerprint density at radius 3 is 2.75 bits per heavy atom. The molecule has 0 atom stereocenters. The molecule has 0 saturated carbocycles. The van der Waals surface area contributed by atoms with Crippen molar-refractivity contribution < 1.29 is 9.53 Å². The number of nitrogens with zero attached hydrogens (tertiary/aromatic N) is 1. The van der Waals surface area contributed by atoms with E-state index in [4.69, 9.17) is 4.74 Å². The van der Waals surface area contributed by atoms with Crippen LogP contribution in [0.25, 0.3) is 0 Å². The lowest BCUT2D eigenvalue weighted by molar-refractivity contribution is -0.117. The largest absolute Gasteiger partial charge is 0.495 e. The van der Waals surface area contributed by atoms with Gasteiger partial charge in [0.1, 0.15) is 5.75 Å². The maximum atomic E-state index is 12.1. The molecule has 1 saturated heterocycles. The molecule has 110 valence electrons. The Balaban J connectivity index is 1.92. The molecule has 0 bridgehead atoms. The summed E-state index contributed by atoms with van der Waals surface area (Å²) in [4.78, 5) is 14.4. The van der Waals surface area contributed by atoms with Crippen LogP contribution >= 0.6 is 0 Å². The van der Waals surface area contributed by atoms with Crippen LogP contribution in [0.1, 0.15) is 25.3 Å². The molecule has 0 radical (unpaired) electrons. The third-order valence-corrected chi connectivity index (χ3v) is 3.87. The smallest absolute Gasteiger partial charge is 0.238 e. The zero-order valence-corrected chi connectivity index (χ0v) is 12.6. The number of piperidine rings is 1. The molecule has 0 unspecified atom stereocenters. The summed E-state index contributed by atoms with van der Waals surface area (Å²) in [6, 6.07) is 5.79. The molecule has 20 heavy (non-hydrogen) atoms. The fraction of sp³-hybridized carbons (Fsp3) is 0.562. The summed E-state index contributed by atoms with van der Waals surface area (Å²) in [5.74, 6) is 1.52. The average molecular weight is 276 g/mol. The number of anilines is 1. The van der Waals surface area contributed by atoms with Crippen molar-refractivity contribution in [1.82, 2.24) is 4.90 Å². The van der Waals surface area contributed by atoms with E-state index in [1.54, 1.807) is 7.11 Å². The summed E-state index contributed by atoms with van der Waals surface area (Å²) in [7, 11) is 1.62. The highest BCUT2D eigenvalue weighted by Crippen LogP contribution is 2.25. The molecule has 1 heterocycles. The van der Waals surface area contributed by atoms with Crippen molar-refractivity contribution in [2.45, 2.75) is 26.7 Å². The molecule has 2 rings (SSSR count). The minimum Gasteiger partial charge on any atom is -0.495 e. The van der Waals surface area contributed by atoms with Crippen LogP contribution in [-0.4, -0.2) is 37.6 Å². The van der Waals surface area contributed by atoms with Crippen LogP contribution in [0.15, 0.2) is 18.2 Å². The molecule has 1 amide bonds. The minimum absolute atomic E-state index is 0.0310. The quantitative estimate of drug-likeness (QED) is 0.919. The maximum Gasteiger partial charge on any atom is 0.238 e. The van der Waals surface area contributed by atoms with Gasteiger partial charge < -0.3 is 10.1 Å². The lowest BCUT2D eigenvalue weighted by atomic mass is 9.99. The topological polar surface area (TPSA) is 41.6 Å². The van der Waals surface area contributed by atoms with Crippen molar-refractivity contribution in [2.24, 2.45) is 5.92 Å². The second kappa shape index (κ2) is 6.75. The average Bonchev–Trinajstić information content (AvgIpc) is 2.41. The zero-order valence-electron chi connectivity index (χ0n) is 12.6. The molecule has 4 nitrogen and oxygen atoms in total. The van der Waals surface area contributed by atoms with Crippen LogP contribution in [-0.2, 0) is 4.79 Å². The summed E-state index contributed by atoms with van der Waals surface area (Å²) >= 11 is 0. The van der Waals surface area contributed by atoms with Gasteiger partial charge in [0.2, 0.25) is 5.91 Å². The number of likely N-dealkylation sites (tertiary alicyclic amines) is 1. The molecular weight excluding hydrogens is 252 g/mol. The first-order valence-electron chi connectivity index (χ1n) is 7.25. The van der Waals surface area contributed by atoms with Gasteiger partial charge in [0.05, 0.1) is 19.3 Å². The molecular formula is C16H24N2O2. The van der Waals surface area contributed by atoms with Crippen LogP contribution in [0, 0.1) is 12.8 Å². The van der Waals surface area contributed by atoms with Crippen molar-refractivity contribution in [3.05, 3.63) is 23.8 Å². The van der Waals surface area contributed by atoms with Crippen molar-refractivity contribution >= 4 is 11.6 Å². The summed E-state index contributed by atoms with van der Waals surface area (Å²) in [6.45, 7) is 6.76. The van der Waals surface area contributed by atoms with Gasteiger partial charge >= 0.3 is 0 Å². The van der Waals surface area contributed by atoms with Gasteiger partial charge in [0.25, 0.3) is 0 Å². The van der Waals surface area contributed by atoms with E-state index in [2.05, 4.69) is 17.1 Å². The van der Waals surface area contributed by atoms with E-state index in [-0.39, 0.29) is 5.91 Å². The number of rotatable bonds is 4. The monoisotopic (exact) mass is 276 g/mol. The van der Waals surface area contributed by atoms with Gasteiger partial charge in [-0.2, -0.15) is 0 Å². The van der Waals surface area contributed by atoms with Crippen molar-refractivity contribution in [3.63, 3.8) is 0 Å². The number of aryl methyl sites for hydroxylation is 1. The number of methoxy groups -OCH3 is 1. The van der Waals surface area contributed by atoms with Gasteiger partial charge in [-0.25, -0.2) is 0 Å². The molecule has 1 aliphatic heterocycles. The second-order valence-corrected chi connectivity index (χ2v) is 5.71. The Morgan fingerprint density at radius 2 is 2.10 bits per heavy atom. The number of benzene rings is 1. The van der Waals surface area contributed by atoms with Gasteiger partial charge in [-0.1, -0.05) is 13.0 Å². The number of amides is 1. The molecule has 0 spiro atoms. The van der Waals surface area contributed by atoms with Gasteiger partial charge in [0, 0.05) is 0 Å². The van der Waals surface area contributed by atoms with E-state index in [0.29, 0.717) is 12.3 Å². The third kappa shape index (κ3) is 3.97. The predicted molar refractivity (Wildman–Crippen MR) is 81.2 cm³/mol. The van der Waals surface area contributed by atoms with E-state index < -0.39 is 0 Å². The fourth-order valence-corrected chi connectivity index (χ4v) is 2.53. The number of nitrogens with one attached hydrogen (secondary N) is 1. The lowest BCUT2D eigenvalue weighted by Crippen LogP contribution is -2.38. The van der Waals surface area contributed by atoms with E-state index in [9.17, 15) is 4.79 Å². The number of carbonyl (C=O) groups is 1. The number of carbonyl (C=O) groups excluding carboxylic acids is 1. The lowest BCUT2D eigenvalue weighted by Gasteiger charge is -2.29. The number of hydrogen-bond acceptors (Lipinski definition) is 3. The molecule has 4 heteroatoms. The van der Waals surface area contributed by atoms with Gasteiger partial charge in [-0.3, -0.25) is 9.69 Å². The van der Waals surface area contributed by atoms with Crippen LogP contribution in [0.2, 0.25) is 0 Å². The fourth-order valence-electron chi connectivity index (χ4n) is 2.53. The van der Waals surface area contributed by atoms with Crippen molar-refractivity contribution in [3.8, 4) is 5.75 Å². The standard InChI is InChI=1S/C16H24N2O2/c1-12-6-8-18(9-7-12)11-16(19)17-14-10-13(2)4-5-15(14)20-3/h4-5,10,12H,6-9,11H2,1-3H3,(H,17,19). The van der Waals surface area contributed by atoms with Crippen LogP contribution in [0.3, 0.4) is 0 Å². The molecule has 1 N–H and O–H groups in total. The Kier molecular flexibility index (Phi) is 5.01. The summed E-state index contributed by atoms with van der Waals surface area (Å²) in [5.41, 5.74) is 1.86. The first-order valence-corrected chi connectivity index (χ1v) is 7.25. The Morgan fingerprint density at radius 1 is 1.40 bits per heavy atom. The summed E-state index contributed by atoms with van der Waals surface area (Å²) in [5, 5.41) is 2.96. The van der Waals surface area contributed by atoms with Crippen molar-refractivity contribution in [2.75, 3.05) is 32.1 Å². The highest BCUT2D eigenvalue weighted by atomic mass is 16.5. The second-order valence-electron chi connectivity index (χ2n) is 5.71. The first kappa shape index (κ1) is 14.9. The van der Waals surface area contributed by atoms with Crippen molar-refractivity contribution in [1.29, 1.82) is 0 Å². The number of ether oxygens (including phenoxy) is 1. The van der Waals surface area contributed by atoms with E-state index >= 15 is 0 Å². The minimum atomic E-state index is 0.0310. The normalized spacial score (nSPS) is 16.9. The molecule has 1 aliphatic rings. The molecule has 1 fully saturated rings. The van der Waals surface area contributed by atoms with Gasteiger partial charge in [0.15, 0.2) is 0 Å². The summed E-state index contributed by atoms with van der Waals surface area (Å²) < 4.78 is 5.28. The summed E-state index contributed by atoms with van der Waals surface area (Å²) in [6.07, 6.45) is 2.36. The van der Waals surface area contributed by atoms with Crippen LogP contribution in [0.5, 0.6) is 5.75 Å². The maximum absolute atomic E-state index is 12.1. The van der Waals surface area contributed by atoms with Gasteiger partial charge in [-0.05, 0) is 56.5 Å². The van der Waals surface area contributed by atoms with E-state index in [1.807, 2.05) is 25.1 Å². The van der Waals surface area contributed by atoms with E-state index in [0.717, 1.165) is 30.3 Å². The first-order chi connectivity index (χ1) is 9.58. The third-order valence-electron chi connectivity index (χ3n) is 3.87. The van der Waals surface area contributed by atoms with Crippen LogP contribution < -0.4 is 10.1 Å². The molecule has 0 aromatic heterocycles.